The largest absolute Gasteiger partial charge is 0.342 e. The van der Waals surface area contributed by atoms with Gasteiger partial charge in [-0.1, -0.05) is 19.1 Å². The third kappa shape index (κ3) is 6.22. The van der Waals surface area contributed by atoms with Crippen LogP contribution in [0.5, 0.6) is 0 Å². The fourth-order valence-electron chi connectivity index (χ4n) is 6.03. The molecule has 1 saturated carbocycles. The number of carbonyl (C=O) groups is 1. The fraction of sp³-hybridized carbons (Fsp3) is 0.567. The fourth-order valence-corrected chi connectivity index (χ4v) is 6.79. The number of likely N-dealkylation sites (tertiary alicyclic amines) is 1. The number of amides is 1. The zero-order valence-corrected chi connectivity index (χ0v) is 25.6. The van der Waals surface area contributed by atoms with E-state index in [9.17, 15) is 9.18 Å². The normalized spacial score (nSPS) is 24.2. The molecule has 2 aromatic rings. The summed E-state index contributed by atoms with van der Waals surface area (Å²) in [4.78, 5) is 20.7. The summed E-state index contributed by atoms with van der Waals surface area (Å²) >= 11 is 2.25. The molecule has 1 aliphatic heterocycles. The summed E-state index contributed by atoms with van der Waals surface area (Å²) in [6, 6.07) is 6.72. The summed E-state index contributed by atoms with van der Waals surface area (Å²) in [6.45, 7) is 11.5. The van der Waals surface area contributed by atoms with E-state index in [2.05, 4.69) is 71.8 Å². The Bertz CT molecular complexity index is 1210. The average molecular weight is 634 g/mol. The summed E-state index contributed by atoms with van der Waals surface area (Å²) in [7, 11) is 1.97. The van der Waals surface area contributed by atoms with Crippen LogP contribution in [0.25, 0.3) is 5.69 Å². The molecule has 0 spiro atoms. The molecule has 2 unspecified atom stereocenters. The molecule has 38 heavy (non-hydrogen) atoms. The maximum atomic E-state index is 14.0. The number of nitrogens with zero attached hydrogens (tertiary/aromatic N) is 4. The first kappa shape index (κ1) is 28.9. The van der Waals surface area contributed by atoms with Crippen molar-refractivity contribution in [3.05, 3.63) is 62.5 Å². The minimum atomic E-state index is -0.224. The number of aryl methyl sites for hydroxylation is 3. The Hall–Kier alpha value is -2.07. The number of halogens is 2. The van der Waals surface area contributed by atoms with Crippen molar-refractivity contribution in [2.24, 2.45) is 17.8 Å². The highest BCUT2D eigenvalue weighted by atomic mass is 127. The Balaban J connectivity index is 1.47. The lowest BCUT2D eigenvalue weighted by Crippen LogP contribution is -2.43. The Morgan fingerprint density at radius 1 is 1.18 bits per heavy atom. The van der Waals surface area contributed by atoms with Crippen LogP contribution in [0.1, 0.15) is 68.2 Å². The molecule has 1 saturated heterocycles. The highest BCUT2D eigenvalue weighted by Gasteiger charge is 2.43. The van der Waals surface area contributed by atoms with Crippen molar-refractivity contribution in [1.29, 1.82) is 0 Å². The number of aromatic nitrogens is 3. The summed E-state index contributed by atoms with van der Waals surface area (Å²) in [5.74, 6) is 2.33. The summed E-state index contributed by atoms with van der Waals surface area (Å²) in [6.07, 6.45) is 6.60. The predicted molar refractivity (Wildman–Crippen MR) is 159 cm³/mol. The maximum Gasteiger partial charge on any atom is 0.226 e. The molecule has 4 rings (SSSR count). The highest BCUT2D eigenvalue weighted by molar-refractivity contribution is 14.1. The quantitative estimate of drug-likeness (QED) is 0.286. The van der Waals surface area contributed by atoms with Gasteiger partial charge in [0.25, 0.3) is 0 Å². The average Bonchev–Trinajstić information content (AvgIpc) is 3.53. The molecule has 1 N–H and O–H groups in total. The van der Waals surface area contributed by atoms with Gasteiger partial charge < -0.3 is 10.2 Å². The molecular weight excluding hydrogens is 592 g/mol. The smallest absolute Gasteiger partial charge is 0.226 e. The van der Waals surface area contributed by atoms with Crippen LogP contribution in [-0.2, 0) is 4.79 Å². The third-order valence-electron chi connectivity index (χ3n) is 8.61. The SMILES string of the molecule is C/C=C(F)\C=C(\I)C(C)[C@@H]1CC(NC)C[C@H]1C(=O)N1CCC(c2nc(C)nn2-c2ccc(C)c(C)c2)CC1. The van der Waals surface area contributed by atoms with Crippen molar-refractivity contribution in [1.82, 2.24) is 25.0 Å². The van der Waals surface area contributed by atoms with Crippen LogP contribution in [-0.4, -0.2) is 51.8 Å². The van der Waals surface area contributed by atoms with Crippen molar-refractivity contribution in [3.63, 3.8) is 0 Å². The minimum Gasteiger partial charge on any atom is -0.342 e. The predicted octanol–water partition coefficient (Wildman–Crippen LogP) is 6.34. The molecule has 1 amide bonds. The van der Waals surface area contributed by atoms with Gasteiger partial charge in [-0.25, -0.2) is 14.1 Å². The summed E-state index contributed by atoms with van der Waals surface area (Å²) < 4.78 is 16.9. The molecule has 2 fully saturated rings. The molecule has 0 bridgehead atoms. The van der Waals surface area contributed by atoms with E-state index in [1.165, 1.54) is 17.2 Å². The third-order valence-corrected chi connectivity index (χ3v) is 9.90. The Morgan fingerprint density at radius 2 is 1.89 bits per heavy atom. The number of rotatable bonds is 7. The van der Waals surface area contributed by atoms with E-state index >= 15 is 0 Å². The Kier molecular flexibility index (Phi) is 9.44. The van der Waals surface area contributed by atoms with E-state index < -0.39 is 0 Å². The van der Waals surface area contributed by atoms with E-state index in [4.69, 9.17) is 10.1 Å². The van der Waals surface area contributed by atoms with Gasteiger partial charge in [0.15, 0.2) is 0 Å². The topological polar surface area (TPSA) is 63.1 Å². The van der Waals surface area contributed by atoms with Crippen LogP contribution >= 0.6 is 22.6 Å². The molecule has 4 atom stereocenters. The Morgan fingerprint density at radius 3 is 2.53 bits per heavy atom. The van der Waals surface area contributed by atoms with Gasteiger partial charge in [-0.3, -0.25) is 4.79 Å². The lowest BCUT2D eigenvalue weighted by Gasteiger charge is -2.35. The number of hydrogen-bond donors (Lipinski definition) is 1. The molecule has 8 heteroatoms. The monoisotopic (exact) mass is 633 g/mol. The number of hydrogen-bond acceptors (Lipinski definition) is 4. The summed E-state index contributed by atoms with van der Waals surface area (Å²) in [5, 5.41) is 8.11. The van der Waals surface area contributed by atoms with Gasteiger partial charge in [-0.05, 0) is 128 Å². The first-order valence-corrected chi connectivity index (χ1v) is 14.9. The zero-order chi connectivity index (χ0) is 27.6. The van der Waals surface area contributed by atoms with Gasteiger partial charge in [0.2, 0.25) is 5.91 Å². The second kappa shape index (κ2) is 12.4. The van der Waals surface area contributed by atoms with Crippen molar-refractivity contribution in [2.75, 3.05) is 20.1 Å². The molecule has 1 aromatic carbocycles. The number of allylic oxidation sites excluding steroid dienone is 4. The molecule has 2 aliphatic rings. The van der Waals surface area contributed by atoms with Crippen molar-refractivity contribution in [3.8, 4) is 5.69 Å². The van der Waals surface area contributed by atoms with Gasteiger partial charge in [0.1, 0.15) is 17.5 Å². The zero-order valence-electron chi connectivity index (χ0n) is 23.5. The first-order valence-electron chi connectivity index (χ1n) is 13.8. The first-order chi connectivity index (χ1) is 18.1. The van der Waals surface area contributed by atoms with E-state index in [1.807, 2.05) is 18.7 Å². The molecule has 206 valence electrons. The molecule has 1 aliphatic carbocycles. The van der Waals surface area contributed by atoms with E-state index in [0.717, 1.165) is 59.7 Å². The van der Waals surface area contributed by atoms with Crippen molar-refractivity contribution >= 4 is 28.5 Å². The van der Waals surface area contributed by atoms with Gasteiger partial charge in [-0.2, -0.15) is 5.10 Å². The molecule has 2 heterocycles. The van der Waals surface area contributed by atoms with Crippen LogP contribution < -0.4 is 5.32 Å². The molecular formula is C30H41FIN5O. The van der Waals surface area contributed by atoms with Crippen LogP contribution in [0, 0.1) is 38.5 Å². The molecule has 0 radical (unpaired) electrons. The number of benzene rings is 1. The van der Waals surface area contributed by atoms with Crippen LogP contribution in [0.3, 0.4) is 0 Å². The molecule has 6 nitrogen and oxygen atoms in total. The van der Waals surface area contributed by atoms with Gasteiger partial charge >= 0.3 is 0 Å². The van der Waals surface area contributed by atoms with Crippen molar-refractivity contribution < 1.29 is 9.18 Å². The Labute approximate surface area is 240 Å². The van der Waals surface area contributed by atoms with Crippen molar-refractivity contribution in [2.45, 2.75) is 72.3 Å². The second-order valence-corrected chi connectivity index (χ2v) is 12.3. The van der Waals surface area contributed by atoms with Gasteiger partial charge in [0, 0.05) is 31.0 Å². The summed E-state index contributed by atoms with van der Waals surface area (Å²) in [5.41, 5.74) is 3.54. The van der Waals surface area contributed by atoms with E-state index in [1.54, 1.807) is 13.0 Å². The van der Waals surface area contributed by atoms with Gasteiger partial charge in [0.05, 0.1) is 5.69 Å². The highest BCUT2D eigenvalue weighted by Crippen LogP contribution is 2.43. The van der Waals surface area contributed by atoms with E-state index in [-0.39, 0.29) is 35.4 Å². The van der Waals surface area contributed by atoms with Gasteiger partial charge in [-0.15, -0.1) is 0 Å². The standard InChI is InChI=1S/C30H41FIN5O/c1-7-23(31)15-28(32)20(4)26-16-24(33-6)17-27(26)30(38)36-12-10-22(11-13-36)29-34-21(5)35-37(29)25-9-8-18(2)19(3)14-25/h7-9,14-15,20,22,24,26-27,33H,10-13,16-17H2,1-6H3/b23-7+,28-15+/t20?,24?,26-,27+/m0/s1. The number of piperidine rings is 1. The minimum absolute atomic E-state index is 0.0488. The van der Waals surface area contributed by atoms with Crippen LogP contribution in [0.15, 0.2) is 39.8 Å². The second-order valence-electron chi connectivity index (χ2n) is 11.0. The molecule has 1 aromatic heterocycles. The van der Waals surface area contributed by atoms with Crippen LogP contribution in [0.4, 0.5) is 4.39 Å². The lowest BCUT2D eigenvalue weighted by atomic mass is 9.83. The lowest BCUT2D eigenvalue weighted by molar-refractivity contribution is -0.138. The number of nitrogens with one attached hydrogen (secondary N) is 1. The van der Waals surface area contributed by atoms with Crippen LogP contribution in [0.2, 0.25) is 0 Å². The number of carbonyl (C=O) groups excluding carboxylic acids is 1. The van der Waals surface area contributed by atoms with E-state index in [0.29, 0.717) is 6.04 Å². The maximum absolute atomic E-state index is 14.0.